The fourth-order valence-electron chi connectivity index (χ4n) is 3.67. The third-order valence-corrected chi connectivity index (χ3v) is 7.55. The highest BCUT2D eigenvalue weighted by molar-refractivity contribution is 7.48. The Kier molecular flexibility index (Phi) is 6.53. The van der Waals surface area contributed by atoms with Crippen molar-refractivity contribution in [3.63, 3.8) is 0 Å². The molecule has 0 saturated carbocycles. The van der Waals surface area contributed by atoms with Crippen LogP contribution in [-0.2, 0) is 10.6 Å². The Hall–Kier alpha value is -2.38. The maximum absolute atomic E-state index is 11.3. The number of aromatic nitrogens is 1. The Balaban J connectivity index is 2.03. The quantitative estimate of drug-likeness (QED) is 0.368. The SMILES string of the molecule is CCC(C)(Pc1ccccc1/C=N/n1cccc1)c1cc(C)cc(C(C)(C)C)c1O. The highest BCUT2D eigenvalue weighted by Crippen LogP contribution is 2.49. The molecule has 158 valence electrons. The van der Waals surface area contributed by atoms with Crippen molar-refractivity contribution < 1.29 is 5.11 Å². The van der Waals surface area contributed by atoms with Crippen LogP contribution in [0.25, 0.3) is 0 Å². The Bertz CT molecular complexity index is 1030. The summed E-state index contributed by atoms with van der Waals surface area (Å²) in [6.45, 7) is 13.1. The smallest absolute Gasteiger partial charge is 0.123 e. The molecule has 1 aromatic heterocycles. The second-order valence-electron chi connectivity index (χ2n) is 9.16. The Morgan fingerprint density at radius 3 is 2.27 bits per heavy atom. The molecule has 0 aliphatic carbocycles. The third kappa shape index (κ3) is 4.84. The van der Waals surface area contributed by atoms with Crippen molar-refractivity contribution in [3.05, 3.63) is 83.2 Å². The molecule has 1 N–H and O–H groups in total. The van der Waals surface area contributed by atoms with E-state index in [0.717, 1.165) is 23.1 Å². The van der Waals surface area contributed by atoms with Gasteiger partial charge in [-0.2, -0.15) is 5.10 Å². The zero-order valence-electron chi connectivity index (χ0n) is 18.9. The lowest BCUT2D eigenvalue weighted by molar-refractivity contribution is 0.430. The molecule has 0 amide bonds. The fourth-order valence-corrected chi connectivity index (χ4v) is 5.24. The number of aromatic hydroxyl groups is 1. The molecule has 0 aliphatic rings. The van der Waals surface area contributed by atoms with Gasteiger partial charge in [-0.05, 0) is 41.8 Å². The van der Waals surface area contributed by atoms with E-state index in [1.54, 1.807) is 4.68 Å². The van der Waals surface area contributed by atoms with Crippen LogP contribution in [0.1, 0.15) is 63.3 Å². The number of nitrogens with zero attached hydrogens (tertiary/aromatic N) is 2. The lowest BCUT2D eigenvalue weighted by atomic mass is 9.82. The van der Waals surface area contributed by atoms with Gasteiger partial charge in [0.2, 0.25) is 0 Å². The number of phenols is 1. The van der Waals surface area contributed by atoms with Gasteiger partial charge in [0.1, 0.15) is 5.75 Å². The number of benzene rings is 2. The van der Waals surface area contributed by atoms with Crippen LogP contribution in [0.15, 0.2) is 66.0 Å². The van der Waals surface area contributed by atoms with E-state index in [0.29, 0.717) is 14.3 Å². The molecular formula is C26H33N2OP. The van der Waals surface area contributed by atoms with Crippen molar-refractivity contribution in [1.29, 1.82) is 0 Å². The van der Waals surface area contributed by atoms with E-state index in [4.69, 9.17) is 0 Å². The number of rotatable bonds is 6. The van der Waals surface area contributed by atoms with Gasteiger partial charge in [0.15, 0.2) is 0 Å². The van der Waals surface area contributed by atoms with Crippen LogP contribution < -0.4 is 5.30 Å². The summed E-state index contributed by atoms with van der Waals surface area (Å²) in [6.07, 6.45) is 6.72. The zero-order valence-corrected chi connectivity index (χ0v) is 19.9. The summed E-state index contributed by atoms with van der Waals surface area (Å²) in [5.41, 5.74) is 4.27. The van der Waals surface area contributed by atoms with Gasteiger partial charge >= 0.3 is 0 Å². The highest BCUT2D eigenvalue weighted by Gasteiger charge is 2.32. The normalized spacial score (nSPS) is 14.6. The molecule has 3 aromatic rings. The number of aryl methyl sites for hydroxylation is 1. The van der Waals surface area contributed by atoms with Gasteiger partial charge in [-0.3, -0.25) is 0 Å². The van der Waals surface area contributed by atoms with E-state index >= 15 is 0 Å². The van der Waals surface area contributed by atoms with E-state index < -0.39 is 0 Å². The summed E-state index contributed by atoms with van der Waals surface area (Å²) in [5.74, 6) is 0.448. The molecule has 1 heterocycles. The van der Waals surface area contributed by atoms with Crippen molar-refractivity contribution in [2.24, 2.45) is 5.10 Å². The average Bonchev–Trinajstić information content (AvgIpc) is 3.21. The summed E-state index contributed by atoms with van der Waals surface area (Å²) < 4.78 is 1.81. The molecule has 0 saturated heterocycles. The van der Waals surface area contributed by atoms with Crippen LogP contribution in [0.2, 0.25) is 0 Å². The number of phenolic OH excluding ortho intramolecular Hbond substituents is 1. The van der Waals surface area contributed by atoms with Gasteiger partial charge in [0, 0.05) is 28.7 Å². The molecule has 2 unspecified atom stereocenters. The van der Waals surface area contributed by atoms with Crippen LogP contribution in [0.3, 0.4) is 0 Å². The average molecular weight is 421 g/mol. The largest absolute Gasteiger partial charge is 0.507 e. The van der Waals surface area contributed by atoms with Crippen molar-refractivity contribution in [2.45, 2.75) is 58.5 Å². The van der Waals surface area contributed by atoms with E-state index in [2.05, 4.69) is 83.0 Å². The van der Waals surface area contributed by atoms with Crippen molar-refractivity contribution in [1.82, 2.24) is 4.68 Å². The molecule has 4 heteroatoms. The molecule has 0 spiro atoms. The van der Waals surface area contributed by atoms with Crippen molar-refractivity contribution in [2.75, 3.05) is 0 Å². The molecule has 3 rings (SSSR count). The van der Waals surface area contributed by atoms with Gasteiger partial charge in [-0.25, -0.2) is 4.68 Å². The second-order valence-corrected chi connectivity index (χ2v) is 11.1. The fraction of sp³-hybridized carbons (Fsp3) is 0.346. The minimum Gasteiger partial charge on any atom is -0.507 e. The van der Waals surface area contributed by atoms with Crippen LogP contribution >= 0.6 is 8.58 Å². The first-order valence-corrected chi connectivity index (χ1v) is 11.5. The standard InChI is InChI=1S/C26H33N2OP/c1-7-26(6,22-17-19(2)16-21(24(22)29)25(3,4)5)30-23-13-9-8-12-20(23)18-27-28-14-10-11-15-28/h8-18,29-30H,7H2,1-6H3/b27-18+. The summed E-state index contributed by atoms with van der Waals surface area (Å²) in [6, 6.07) is 16.6. The maximum Gasteiger partial charge on any atom is 0.123 e. The molecule has 0 bridgehead atoms. The van der Waals surface area contributed by atoms with E-state index in [1.165, 1.54) is 10.9 Å². The predicted octanol–water partition coefficient (Wildman–Crippen LogP) is 6.31. The van der Waals surface area contributed by atoms with Crippen molar-refractivity contribution >= 4 is 20.1 Å². The van der Waals surface area contributed by atoms with Gasteiger partial charge < -0.3 is 5.11 Å². The Labute approximate surface area is 182 Å². The van der Waals surface area contributed by atoms with E-state index in [-0.39, 0.29) is 10.6 Å². The Morgan fingerprint density at radius 1 is 1.00 bits per heavy atom. The summed E-state index contributed by atoms with van der Waals surface area (Å²) in [7, 11) is 0.512. The molecule has 2 atom stereocenters. The highest BCUT2D eigenvalue weighted by atomic mass is 31.1. The predicted molar refractivity (Wildman–Crippen MR) is 131 cm³/mol. The van der Waals surface area contributed by atoms with Crippen LogP contribution in [0.4, 0.5) is 0 Å². The molecule has 0 aliphatic heterocycles. The number of hydrogen-bond donors (Lipinski definition) is 1. The van der Waals surface area contributed by atoms with Gasteiger partial charge in [0.25, 0.3) is 0 Å². The van der Waals surface area contributed by atoms with Crippen LogP contribution in [0, 0.1) is 6.92 Å². The molecule has 0 radical (unpaired) electrons. The van der Waals surface area contributed by atoms with Crippen LogP contribution in [0.5, 0.6) is 5.75 Å². The Morgan fingerprint density at radius 2 is 1.63 bits per heavy atom. The summed E-state index contributed by atoms with van der Waals surface area (Å²) in [4.78, 5) is 0. The molecule has 0 fully saturated rings. The third-order valence-electron chi connectivity index (χ3n) is 5.65. The first-order chi connectivity index (χ1) is 14.1. The topological polar surface area (TPSA) is 37.5 Å². The molecule has 2 aromatic carbocycles. The second kappa shape index (κ2) is 8.78. The molecular weight excluding hydrogens is 387 g/mol. The molecule has 3 nitrogen and oxygen atoms in total. The minimum absolute atomic E-state index is 0.107. The summed E-state index contributed by atoms with van der Waals surface area (Å²) >= 11 is 0. The van der Waals surface area contributed by atoms with E-state index in [9.17, 15) is 5.11 Å². The maximum atomic E-state index is 11.3. The van der Waals surface area contributed by atoms with Crippen LogP contribution in [-0.4, -0.2) is 16.0 Å². The first-order valence-electron chi connectivity index (χ1n) is 10.5. The first kappa shape index (κ1) is 22.3. The molecule has 30 heavy (non-hydrogen) atoms. The lowest BCUT2D eigenvalue weighted by Gasteiger charge is -2.33. The monoisotopic (exact) mass is 420 g/mol. The van der Waals surface area contributed by atoms with Gasteiger partial charge in [-0.1, -0.05) is 85.2 Å². The lowest BCUT2D eigenvalue weighted by Crippen LogP contribution is -2.22. The van der Waals surface area contributed by atoms with E-state index in [1.807, 2.05) is 30.7 Å². The van der Waals surface area contributed by atoms with Crippen molar-refractivity contribution in [3.8, 4) is 5.75 Å². The number of hydrogen-bond acceptors (Lipinski definition) is 2. The summed E-state index contributed by atoms with van der Waals surface area (Å²) in [5, 5.41) is 16.9. The minimum atomic E-state index is -0.159. The van der Waals surface area contributed by atoms with Gasteiger partial charge in [0.05, 0.1) is 6.21 Å². The zero-order chi connectivity index (χ0) is 21.9. The van der Waals surface area contributed by atoms with Gasteiger partial charge in [-0.15, -0.1) is 0 Å².